The molecule has 0 aliphatic rings. The van der Waals surface area contributed by atoms with Crippen LogP contribution in [-0.4, -0.2) is 52.6 Å². The van der Waals surface area contributed by atoms with Gasteiger partial charge in [-0.05, 0) is 55.3 Å². The molecular formula is C25H25N5O3S2. The molecule has 0 fully saturated rings. The van der Waals surface area contributed by atoms with Crippen molar-refractivity contribution in [3.8, 4) is 32.6 Å². The van der Waals surface area contributed by atoms with Gasteiger partial charge in [0.15, 0.2) is 11.5 Å². The van der Waals surface area contributed by atoms with E-state index in [1.165, 1.54) is 11.8 Å². The topological polar surface area (TPSA) is 99.1 Å². The van der Waals surface area contributed by atoms with Gasteiger partial charge in [-0.25, -0.2) is 4.98 Å². The monoisotopic (exact) mass is 507 g/mol. The number of pyridine rings is 1. The van der Waals surface area contributed by atoms with Gasteiger partial charge in [-0.15, -0.1) is 21.5 Å². The molecule has 35 heavy (non-hydrogen) atoms. The Bertz CT molecular complexity index is 1280. The predicted octanol–water partition coefficient (Wildman–Crippen LogP) is 4.44. The number of carbonyl (C=O) groups is 1. The summed E-state index contributed by atoms with van der Waals surface area (Å²) in [4.78, 5) is 22.0. The summed E-state index contributed by atoms with van der Waals surface area (Å²) in [7, 11) is 3.21. The zero-order valence-corrected chi connectivity index (χ0v) is 21.3. The van der Waals surface area contributed by atoms with Gasteiger partial charge >= 0.3 is 0 Å². The molecule has 3 aromatic heterocycles. The van der Waals surface area contributed by atoms with Crippen LogP contribution in [-0.2, 0) is 11.2 Å². The van der Waals surface area contributed by atoms with Crippen molar-refractivity contribution in [2.24, 2.45) is 0 Å². The second kappa shape index (κ2) is 11.8. The number of nitrogens with zero attached hydrogens (tertiary/aromatic N) is 4. The highest BCUT2D eigenvalue weighted by atomic mass is 32.2. The number of hydrogen-bond acceptors (Lipinski definition) is 9. The van der Waals surface area contributed by atoms with E-state index in [-0.39, 0.29) is 11.7 Å². The molecule has 0 radical (unpaired) electrons. The van der Waals surface area contributed by atoms with Crippen molar-refractivity contribution in [3.63, 3.8) is 0 Å². The number of amides is 1. The van der Waals surface area contributed by atoms with Gasteiger partial charge in [-0.1, -0.05) is 17.8 Å². The Balaban J connectivity index is 1.27. The third kappa shape index (κ3) is 6.34. The normalized spacial score (nSPS) is 10.7. The number of carbonyl (C=O) groups excluding carboxylic acids is 1. The first kappa shape index (κ1) is 24.6. The van der Waals surface area contributed by atoms with Crippen LogP contribution in [0, 0.1) is 6.92 Å². The third-order valence-corrected chi connectivity index (χ3v) is 7.26. The van der Waals surface area contributed by atoms with Crippen LogP contribution in [0.3, 0.4) is 0 Å². The average molecular weight is 508 g/mol. The van der Waals surface area contributed by atoms with Crippen LogP contribution < -0.4 is 14.8 Å². The van der Waals surface area contributed by atoms with Gasteiger partial charge in [0.2, 0.25) is 5.91 Å². The van der Waals surface area contributed by atoms with Crippen molar-refractivity contribution >= 4 is 29.0 Å². The second-order valence-electron chi connectivity index (χ2n) is 7.51. The molecule has 10 heteroatoms. The standard InChI is InChI=1S/C25H25N5O3S2/c1-16-24(35-25(28-16)18-5-4-11-26-14-18)19-7-9-23(30-29-19)34-15-22(31)27-12-10-17-6-8-20(32-2)21(13-17)33-3/h4-9,11,13-14H,10,12,15H2,1-3H3,(H,27,31). The molecule has 1 N–H and O–H groups in total. The molecule has 1 amide bonds. The van der Waals surface area contributed by atoms with Crippen molar-refractivity contribution in [1.82, 2.24) is 25.5 Å². The molecule has 0 bridgehead atoms. The Morgan fingerprint density at radius 1 is 1.09 bits per heavy atom. The van der Waals surface area contributed by atoms with Gasteiger partial charge in [0.05, 0.1) is 30.5 Å². The van der Waals surface area contributed by atoms with E-state index in [4.69, 9.17) is 9.47 Å². The third-order valence-electron chi connectivity index (χ3n) is 5.11. The average Bonchev–Trinajstić information content (AvgIpc) is 3.29. The number of thiazole rings is 1. The maximum absolute atomic E-state index is 12.3. The summed E-state index contributed by atoms with van der Waals surface area (Å²) in [5.74, 6) is 1.57. The molecule has 0 aliphatic heterocycles. The van der Waals surface area contributed by atoms with Crippen molar-refractivity contribution in [1.29, 1.82) is 0 Å². The SMILES string of the molecule is COc1ccc(CCNC(=O)CSc2ccc(-c3sc(-c4cccnc4)nc3C)nn2)cc1OC. The number of nitrogens with one attached hydrogen (secondary N) is 1. The molecule has 0 aliphatic carbocycles. The molecule has 0 saturated heterocycles. The van der Waals surface area contributed by atoms with E-state index in [2.05, 4.69) is 25.5 Å². The number of benzene rings is 1. The maximum Gasteiger partial charge on any atom is 0.230 e. The van der Waals surface area contributed by atoms with Crippen LogP contribution in [0.25, 0.3) is 21.1 Å². The van der Waals surface area contributed by atoms with Crippen LogP contribution >= 0.6 is 23.1 Å². The molecule has 0 atom stereocenters. The van der Waals surface area contributed by atoms with Gasteiger partial charge in [0, 0.05) is 24.5 Å². The minimum Gasteiger partial charge on any atom is -0.493 e. The van der Waals surface area contributed by atoms with Gasteiger partial charge < -0.3 is 14.8 Å². The van der Waals surface area contributed by atoms with E-state index in [1.54, 1.807) is 38.0 Å². The van der Waals surface area contributed by atoms with Gasteiger partial charge in [0.1, 0.15) is 15.7 Å². The minimum absolute atomic E-state index is 0.0548. The first-order valence-corrected chi connectivity index (χ1v) is 12.7. The fourth-order valence-corrected chi connectivity index (χ4v) is 5.00. The summed E-state index contributed by atoms with van der Waals surface area (Å²) in [6.07, 6.45) is 4.23. The highest BCUT2D eigenvalue weighted by molar-refractivity contribution is 7.99. The van der Waals surface area contributed by atoms with E-state index in [0.29, 0.717) is 29.5 Å². The number of aryl methyl sites for hydroxylation is 1. The predicted molar refractivity (Wildman–Crippen MR) is 138 cm³/mol. The van der Waals surface area contributed by atoms with Gasteiger partial charge in [0.25, 0.3) is 0 Å². The Morgan fingerprint density at radius 2 is 1.94 bits per heavy atom. The van der Waals surface area contributed by atoms with Crippen LogP contribution in [0.1, 0.15) is 11.3 Å². The molecule has 1 aromatic carbocycles. The Morgan fingerprint density at radius 3 is 2.66 bits per heavy atom. The van der Waals surface area contributed by atoms with Gasteiger partial charge in [-0.3, -0.25) is 9.78 Å². The van der Waals surface area contributed by atoms with E-state index in [1.807, 2.05) is 49.4 Å². The summed E-state index contributed by atoms with van der Waals surface area (Å²) < 4.78 is 10.6. The Hall–Kier alpha value is -3.50. The highest BCUT2D eigenvalue weighted by Gasteiger charge is 2.13. The second-order valence-corrected chi connectivity index (χ2v) is 9.50. The Labute approximate surface area is 212 Å². The number of methoxy groups -OCH3 is 2. The number of aromatic nitrogens is 4. The first-order chi connectivity index (χ1) is 17.1. The molecule has 0 unspecified atom stereocenters. The highest BCUT2D eigenvalue weighted by Crippen LogP contribution is 2.34. The molecule has 0 spiro atoms. The van der Waals surface area contributed by atoms with Crippen molar-refractivity contribution < 1.29 is 14.3 Å². The molecule has 0 saturated carbocycles. The largest absolute Gasteiger partial charge is 0.493 e. The molecule has 3 heterocycles. The smallest absolute Gasteiger partial charge is 0.230 e. The van der Waals surface area contributed by atoms with E-state index >= 15 is 0 Å². The summed E-state index contributed by atoms with van der Waals surface area (Å²) >= 11 is 2.92. The quantitative estimate of drug-likeness (QED) is 0.315. The zero-order chi connectivity index (χ0) is 24.6. The lowest BCUT2D eigenvalue weighted by Gasteiger charge is -2.10. The molecular weight excluding hydrogens is 482 g/mol. The molecule has 180 valence electrons. The first-order valence-electron chi connectivity index (χ1n) is 10.9. The molecule has 4 rings (SSSR count). The number of ether oxygens (including phenoxy) is 2. The van der Waals surface area contributed by atoms with Crippen LogP contribution in [0.2, 0.25) is 0 Å². The van der Waals surface area contributed by atoms with Crippen molar-refractivity contribution in [2.45, 2.75) is 18.4 Å². The lowest BCUT2D eigenvalue weighted by Crippen LogP contribution is -2.27. The maximum atomic E-state index is 12.3. The van der Waals surface area contributed by atoms with Crippen LogP contribution in [0.5, 0.6) is 11.5 Å². The zero-order valence-electron chi connectivity index (χ0n) is 19.6. The number of hydrogen-bond donors (Lipinski definition) is 1. The lowest BCUT2D eigenvalue weighted by atomic mass is 10.1. The van der Waals surface area contributed by atoms with E-state index < -0.39 is 0 Å². The van der Waals surface area contributed by atoms with E-state index in [0.717, 1.165) is 32.4 Å². The summed E-state index contributed by atoms with van der Waals surface area (Å²) in [5.41, 5.74) is 3.70. The minimum atomic E-state index is -0.0548. The summed E-state index contributed by atoms with van der Waals surface area (Å²) in [6.45, 7) is 2.49. The summed E-state index contributed by atoms with van der Waals surface area (Å²) in [6, 6.07) is 13.4. The van der Waals surface area contributed by atoms with Gasteiger partial charge in [-0.2, -0.15) is 0 Å². The Kier molecular flexibility index (Phi) is 8.27. The summed E-state index contributed by atoms with van der Waals surface area (Å²) in [5, 5.41) is 13.2. The lowest BCUT2D eigenvalue weighted by molar-refractivity contribution is -0.118. The molecule has 4 aromatic rings. The van der Waals surface area contributed by atoms with Crippen LogP contribution in [0.4, 0.5) is 0 Å². The molecule has 8 nitrogen and oxygen atoms in total. The fourth-order valence-electron chi connectivity index (χ4n) is 3.34. The number of thioether (sulfide) groups is 1. The van der Waals surface area contributed by atoms with Crippen LogP contribution in [0.15, 0.2) is 59.9 Å². The van der Waals surface area contributed by atoms with Crippen molar-refractivity contribution in [3.05, 3.63) is 66.1 Å². The van der Waals surface area contributed by atoms with E-state index in [9.17, 15) is 4.79 Å². The van der Waals surface area contributed by atoms with Crippen molar-refractivity contribution in [2.75, 3.05) is 26.5 Å². The number of rotatable bonds is 10. The fraction of sp³-hybridized carbons (Fsp3) is 0.240.